The van der Waals surface area contributed by atoms with Crippen molar-refractivity contribution in [3.05, 3.63) is 53.4 Å². The lowest BCUT2D eigenvalue weighted by Gasteiger charge is -1.94. The lowest BCUT2D eigenvalue weighted by Crippen LogP contribution is -1.88. The predicted molar refractivity (Wildman–Crippen MR) is 68.2 cm³/mol. The molecule has 1 aromatic carbocycles. The number of halogens is 1. The highest BCUT2D eigenvalue weighted by molar-refractivity contribution is 6.30. The number of nitrogens with zero attached hydrogens (tertiary/aromatic N) is 3. The number of aromatic nitrogens is 3. The Bertz CT molecular complexity index is 671. The average Bonchev–Trinajstić information content (AvgIpc) is 2.72. The Labute approximate surface area is 104 Å². The first-order valence-electron chi connectivity index (χ1n) is 5.31. The van der Waals surface area contributed by atoms with Crippen LogP contribution in [-0.4, -0.2) is 14.4 Å². The standard InChI is InChI=1S/C13H10ClN3/c1-9-6-7-17-8-12(16-13(17)15-9)10-2-4-11(14)5-3-10/h2-8H,1H3. The third kappa shape index (κ3) is 1.89. The summed E-state index contributed by atoms with van der Waals surface area (Å²) < 4.78 is 1.91. The van der Waals surface area contributed by atoms with E-state index in [2.05, 4.69) is 9.97 Å². The van der Waals surface area contributed by atoms with E-state index in [0.29, 0.717) is 0 Å². The van der Waals surface area contributed by atoms with Crippen LogP contribution in [-0.2, 0) is 0 Å². The lowest BCUT2D eigenvalue weighted by molar-refractivity contribution is 1.07. The van der Waals surface area contributed by atoms with Gasteiger partial charge in [0.2, 0.25) is 5.78 Å². The number of benzene rings is 1. The van der Waals surface area contributed by atoms with Crippen LogP contribution in [0.5, 0.6) is 0 Å². The van der Waals surface area contributed by atoms with Crippen LogP contribution in [0.2, 0.25) is 5.02 Å². The maximum Gasteiger partial charge on any atom is 0.234 e. The van der Waals surface area contributed by atoms with Gasteiger partial charge in [-0.25, -0.2) is 9.97 Å². The Hall–Kier alpha value is -1.87. The molecule has 0 N–H and O–H groups in total. The zero-order valence-electron chi connectivity index (χ0n) is 9.26. The van der Waals surface area contributed by atoms with Crippen molar-refractivity contribution >= 4 is 17.4 Å². The number of fused-ring (bicyclic) bond motifs is 1. The normalized spacial score (nSPS) is 10.9. The van der Waals surface area contributed by atoms with Crippen molar-refractivity contribution in [3.63, 3.8) is 0 Å². The third-order valence-corrected chi connectivity index (χ3v) is 2.86. The molecule has 0 unspecified atom stereocenters. The second kappa shape index (κ2) is 3.86. The van der Waals surface area contributed by atoms with Crippen LogP contribution < -0.4 is 0 Å². The molecule has 0 spiro atoms. The molecule has 3 aromatic rings. The van der Waals surface area contributed by atoms with Gasteiger partial charge in [0.15, 0.2) is 0 Å². The highest BCUT2D eigenvalue weighted by atomic mass is 35.5. The van der Waals surface area contributed by atoms with Gasteiger partial charge >= 0.3 is 0 Å². The number of rotatable bonds is 1. The molecule has 0 fully saturated rings. The monoisotopic (exact) mass is 243 g/mol. The maximum atomic E-state index is 5.86. The van der Waals surface area contributed by atoms with Crippen LogP contribution in [0.15, 0.2) is 42.7 Å². The zero-order valence-corrected chi connectivity index (χ0v) is 10.0. The Morgan fingerprint density at radius 1 is 1.06 bits per heavy atom. The van der Waals surface area contributed by atoms with E-state index >= 15 is 0 Å². The smallest absolute Gasteiger partial charge is 0.234 e. The highest BCUT2D eigenvalue weighted by Gasteiger charge is 2.04. The molecule has 17 heavy (non-hydrogen) atoms. The van der Waals surface area contributed by atoms with Gasteiger partial charge in [-0.15, -0.1) is 0 Å². The average molecular weight is 244 g/mol. The summed E-state index contributed by atoms with van der Waals surface area (Å²) >= 11 is 5.86. The Balaban J connectivity index is 2.14. The lowest BCUT2D eigenvalue weighted by atomic mass is 10.2. The second-order valence-corrected chi connectivity index (χ2v) is 4.35. The van der Waals surface area contributed by atoms with Gasteiger partial charge in [-0.2, -0.15) is 0 Å². The van der Waals surface area contributed by atoms with E-state index in [1.165, 1.54) is 0 Å². The summed E-state index contributed by atoms with van der Waals surface area (Å²) in [5.74, 6) is 0.718. The molecule has 0 aliphatic rings. The Morgan fingerprint density at radius 2 is 1.82 bits per heavy atom. The van der Waals surface area contributed by atoms with Crippen molar-refractivity contribution in [2.75, 3.05) is 0 Å². The molecule has 0 saturated carbocycles. The molecule has 2 aromatic heterocycles. The molecular weight excluding hydrogens is 234 g/mol. The van der Waals surface area contributed by atoms with Crippen LogP contribution >= 0.6 is 11.6 Å². The zero-order chi connectivity index (χ0) is 11.8. The molecule has 0 saturated heterocycles. The third-order valence-electron chi connectivity index (χ3n) is 2.61. The van der Waals surface area contributed by atoms with Crippen molar-refractivity contribution in [1.82, 2.24) is 14.4 Å². The Morgan fingerprint density at radius 3 is 2.59 bits per heavy atom. The van der Waals surface area contributed by atoms with E-state index in [-0.39, 0.29) is 0 Å². The van der Waals surface area contributed by atoms with Crippen molar-refractivity contribution in [3.8, 4) is 11.3 Å². The van der Waals surface area contributed by atoms with Crippen LogP contribution in [0.1, 0.15) is 5.69 Å². The molecule has 3 nitrogen and oxygen atoms in total. The predicted octanol–water partition coefficient (Wildman–Crippen LogP) is 3.36. The van der Waals surface area contributed by atoms with Gasteiger partial charge in [0.05, 0.1) is 5.69 Å². The van der Waals surface area contributed by atoms with E-state index in [9.17, 15) is 0 Å². The largest absolute Gasteiger partial charge is 0.291 e. The first-order chi connectivity index (χ1) is 8.22. The van der Waals surface area contributed by atoms with E-state index in [1.807, 2.05) is 54.0 Å². The molecule has 84 valence electrons. The van der Waals surface area contributed by atoms with Crippen molar-refractivity contribution < 1.29 is 0 Å². The van der Waals surface area contributed by atoms with Crippen LogP contribution in [0, 0.1) is 6.92 Å². The number of aryl methyl sites for hydroxylation is 1. The van der Waals surface area contributed by atoms with Crippen LogP contribution in [0.4, 0.5) is 0 Å². The summed E-state index contributed by atoms with van der Waals surface area (Å²) in [4.78, 5) is 8.85. The first-order valence-corrected chi connectivity index (χ1v) is 5.68. The SMILES string of the molecule is Cc1ccn2cc(-c3ccc(Cl)cc3)nc2n1. The first kappa shape index (κ1) is 10.3. The van der Waals surface area contributed by atoms with Gasteiger partial charge in [0.25, 0.3) is 0 Å². The van der Waals surface area contributed by atoms with Crippen molar-refractivity contribution in [2.45, 2.75) is 6.92 Å². The molecule has 0 bridgehead atoms. The summed E-state index contributed by atoms with van der Waals surface area (Å²) in [6.07, 6.45) is 3.93. The fourth-order valence-corrected chi connectivity index (χ4v) is 1.85. The molecule has 3 rings (SSSR count). The van der Waals surface area contributed by atoms with Crippen molar-refractivity contribution in [2.24, 2.45) is 0 Å². The summed E-state index contributed by atoms with van der Waals surface area (Å²) in [5, 5.41) is 0.728. The van der Waals surface area contributed by atoms with Gasteiger partial charge in [0.1, 0.15) is 0 Å². The number of imidazole rings is 1. The molecule has 0 aliphatic heterocycles. The minimum atomic E-state index is 0.718. The molecule has 4 heteroatoms. The van der Waals surface area contributed by atoms with Crippen LogP contribution in [0.3, 0.4) is 0 Å². The topological polar surface area (TPSA) is 30.2 Å². The molecule has 0 atom stereocenters. The molecule has 0 radical (unpaired) electrons. The quantitative estimate of drug-likeness (QED) is 0.656. The summed E-state index contributed by atoms with van der Waals surface area (Å²) in [6, 6.07) is 9.59. The highest BCUT2D eigenvalue weighted by Crippen LogP contribution is 2.20. The Kier molecular flexibility index (Phi) is 2.34. The summed E-state index contributed by atoms with van der Waals surface area (Å²) in [5.41, 5.74) is 2.91. The minimum absolute atomic E-state index is 0.718. The molecule has 0 aliphatic carbocycles. The van der Waals surface area contributed by atoms with E-state index in [1.54, 1.807) is 0 Å². The fraction of sp³-hybridized carbons (Fsp3) is 0.0769. The van der Waals surface area contributed by atoms with Gasteiger partial charge in [0, 0.05) is 28.7 Å². The second-order valence-electron chi connectivity index (χ2n) is 3.91. The van der Waals surface area contributed by atoms with E-state index in [0.717, 1.165) is 27.8 Å². The molecule has 0 amide bonds. The van der Waals surface area contributed by atoms with Crippen molar-refractivity contribution in [1.29, 1.82) is 0 Å². The summed E-state index contributed by atoms with van der Waals surface area (Å²) in [6.45, 7) is 1.96. The van der Waals surface area contributed by atoms with Gasteiger partial charge < -0.3 is 0 Å². The van der Waals surface area contributed by atoms with Gasteiger partial charge in [-0.3, -0.25) is 4.40 Å². The van der Waals surface area contributed by atoms with E-state index in [4.69, 9.17) is 11.6 Å². The number of hydrogen-bond donors (Lipinski definition) is 0. The van der Waals surface area contributed by atoms with Crippen LogP contribution in [0.25, 0.3) is 17.0 Å². The maximum absolute atomic E-state index is 5.86. The summed E-state index contributed by atoms with van der Waals surface area (Å²) in [7, 11) is 0. The minimum Gasteiger partial charge on any atom is -0.291 e. The molecular formula is C13H10ClN3. The number of hydrogen-bond acceptors (Lipinski definition) is 2. The van der Waals surface area contributed by atoms with E-state index < -0.39 is 0 Å². The molecule has 2 heterocycles. The van der Waals surface area contributed by atoms with Gasteiger partial charge in [-0.05, 0) is 25.1 Å². The van der Waals surface area contributed by atoms with Gasteiger partial charge in [-0.1, -0.05) is 23.7 Å². The fourth-order valence-electron chi connectivity index (χ4n) is 1.72.